The third-order valence-corrected chi connectivity index (χ3v) is 6.41. The minimum atomic E-state index is -0.819. The van der Waals surface area contributed by atoms with Crippen molar-refractivity contribution in [1.82, 2.24) is 9.97 Å². The number of esters is 1. The third-order valence-electron chi connectivity index (χ3n) is 5.51. The molecule has 36 heavy (non-hydrogen) atoms. The Hall–Kier alpha value is -4.23. The number of ether oxygens (including phenoxy) is 4. The number of benzene rings is 2. The lowest BCUT2D eigenvalue weighted by atomic mass is 9.83. The fourth-order valence-corrected chi connectivity index (χ4v) is 4.66. The zero-order valence-electron chi connectivity index (χ0n) is 20.0. The summed E-state index contributed by atoms with van der Waals surface area (Å²) in [6.45, 7) is 1.86. The summed E-state index contributed by atoms with van der Waals surface area (Å²) in [5.74, 6) is -0.0439. The normalized spacial score (nSPS) is 15.3. The second-order valence-electron chi connectivity index (χ2n) is 7.58. The number of methoxy groups -OCH3 is 2. The molecule has 0 aliphatic carbocycles. The van der Waals surface area contributed by atoms with Crippen LogP contribution in [0.15, 0.2) is 76.5 Å². The van der Waals surface area contributed by atoms with Gasteiger partial charge in [-0.3, -0.25) is 4.98 Å². The van der Waals surface area contributed by atoms with Crippen LogP contribution in [-0.4, -0.2) is 42.5 Å². The van der Waals surface area contributed by atoms with E-state index in [9.17, 15) is 10.1 Å². The van der Waals surface area contributed by atoms with E-state index in [1.165, 1.54) is 26.0 Å². The van der Waals surface area contributed by atoms with Gasteiger partial charge in [-0.15, -0.1) is 0 Å². The maximum atomic E-state index is 13.2. The number of thioether (sulfide) groups is 1. The van der Waals surface area contributed by atoms with E-state index in [0.29, 0.717) is 22.1 Å². The SMILES string of the molecule is CCOC(=O)C1=C(CSc2cnc3ccccc3n2)OC(N)=C(C#N)[C@@H]1c1ccc(OC)c(OC)c1. The second-order valence-corrected chi connectivity index (χ2v) is 8.58. The Kier molecular flexibility index (Phi) is 7.61. The quantitative estimate of drug-likeness (QED) is 0.354. The van der Waals surface area contributed by atoms with E-state index >= 15 is 0 Å². The first kappa shape index (κ1) is 24.9. The second kappa shape index (κ2) is 11.0. The zero-order valence-corrected chi connectivity index (χ0v) is 20.8. The van der Waals surface area contributed by atoms with Gasteiger partial charge in [0, 0.05) is 0 Å². The van der Waals surface area contributed by atoms with Crippen molar-refractivity contribution >= 4 is 28.8 Å². The monoisotopic (exact) mass is 504 g/mol. The maximum absolute atomic E-state index is 13.2. The molecule has 1 aromatic heterocycles. The number of nitrogens with two attached hydrogens (primary N) is 1. The molecule has 0 spiro atoms. The molecule has 0 radical (unpaired) electrons. The van der Waals surface area contributed by atoms with Crippen LogP contribution in [0, 0.1) is 11.3 Å². The molecule has 10 heteroatoms. The summed E-state index contributed by atoms with van der Waals surface area (Å²) in [7, 11) is 3.04. The van der Waals surface area contributed by atoms with Crippen LogP contribution in [0.3, 0.4) is 0 Å². The van der Waals surface area contributed by atoms with Crippen molar-refractivity contribution in [3.63, 3.8) is 0 Å². The lowest BCUT2D eigenvalue weighted by Gasteiger charge is -2.28. The van der Waals surface area contributed by atoms with Crippen molar-refractivity contribution in [3.05, 3.63) is 77.0 Å². The van der Waals surface area contributed by atoms with Crippen LogP contribution in [0.25, 0.3) is 11.0 Å². The van der Waals surface area contributed by atoms with Gasteiger partial charge in [0.25, 0.3) is 0 Å². The van der Waals surface area contributed by atoms with Crippen LogP contribution in [0.4, 0.5) is 0 Å². The Morgan fingerprint density at radius 3 is 2.61 bits per heavy atom. The average molecular weight is 505 g/mol. The Labute approximate surface area is 212 Å². The summed E-state index contributed by atoms with van der Waals surface area (Å²) >= 11 is 1.33. The highest BCUT2D eigenvalue weighted by Gasteiger charge is 2.38. The summed E-state index contributed by atoms with van der Waals surface area (Å²) in [4.78, 5) is 22.2. The molecule has 0 saturated heterocycles. The van der Waals surface area contributed by atoms with E-state index < -0.39 is 11.9 Å². The molecular formula is C26H24N4O5S. The zero-order chi connectivity index (χ0) is 25.7. The van der Waals surface area contributed by atoms with Crippen molar-refractivity contribution in [2.24, 2.45) is 5.73 Å². The number of carbonyl (C=O) groups excluding carboxylic acids is 1. The van der Waals surface area contributed by atoms with Gasteiger partial charge in [0.05, 0.1) is 55.3 Å². The Morgan fingerprint density at radius 1 is 1.17 bits per heavy atom. The van der Waals surface area contributed by atoms with Gasteiger partial charge in [-0.05, 0) is 36.8 Å². The number of fused-ring (bicyclic) bond motifs is 1. The number of nitriles is 1. The van der Waals surface area contributed by atoms with Crippen molar-refractivity contribution in [2.45, 2.75) is 17.9 Å². The number of para-hydroxylation sites is 2. The molecule has 1 aliphatic rings. The number of hydrogen-bond donors (Lipinski definition) is 1. The van der Waals surface area contributed by atoms with Crippen LogP contribution in [0.5, 0.6) is 11.5 Å². The number of carbonyl (C=O) groups is 1. The van der Waals surface area contributed by atoms with E-state index in [1.54, 1.807) is 31.3 Å². The van der Waals surface area contributed by atoms with Crippen LogP contribution >= 0.6 is 11.8 Å². The smallest absolute Gasteiger partial charge is 0.338 e. The summed E-state index contributed by atoms with van der Waals surface area (Å²) in [6.07, 6.45) is 1.66. The number of rotatable bonds is 8. The predicted molar refractivity (Wildman–Crippen MR) is 134 cm³/mol. The molecule has 9 nitrogen and oxygen atoms in total. The lowest BCUT2D eigenvalue weighted by Crippen LogP contribution is -2.27. The molecule has 1 aliphatic heterocycles. The molecule has 0 saturated carbocycles. The molecule has 184 valence electrons. The van der Waals surface area contributed by atoms with E-state index in [-0.39, 0.29) is 35.1 Å². The summed E-state index contributed by atoms with van der Waals surface area (Å²) < 4.78 is 22.0. The minimum absolute atomic E-state index is 0.0782. The largest absolute Gasteiger partial charge is 0.493 e. The number of allylic oxidation sites excluding steroid dienone is 1. The highest BCUT2D eigenvalue weighted by molar-refractivity contribution is 7.99. The Balaban J connectivity index is 1.77. The van der Waals surface area contributed by atoms with Gasteiger partial charge in [0.1, 0.15) is 22.4 Å². The van der Waals surface area contributed by atoms with Gasteiger partial charge in [0.15, 0.2) is 11.5 Å². The van der Waals surface area contributed by atoms with E-state index in [2.05, 4.69) is 16.0 Å². The molecule has 2 heterocycles. The lowest BCUT2D eigenvalue weighted by molar-refractivity contribution is -0.139. The van der Waals surface area contributed by atoms with Crippen LogP contribution < -0.4 is 15.2 Å². The first-order valence-electron chi connectivity index (χ1n) is 11.0. The van der Waals surface area contributed by atoms with Crippen molar-refractivity contribution in [2.75, 3.05) is 26.6 Å². The third kappa shape index (κ3) is 4.92. The van der Waals surface area contributed by atoms with Gasteiger partial charge in [-0.1, -0.05) is 30.0 Å². The molecule has 1 atom stereocenters. The molecular weight excluding hydrogens is 480 g/mol. The number of hydrogen-bond acceptors (Lipinski definition) is 10. The molecule has 0 bridgehead atoms. The Bertz CT molecular complexity index is 1410. The van der Waals surface area contributed by atoms with Crippen molar-refractivity contribution in [1.29, 1.82) is 5.26 Å². The van der Waals surface area contributed by atoms with Gasteiger partial charge in [-0.25, -0.2) is 9.78 Å². The predicted octanol–water partition coefficient (Wildman–Crippen LogP) is 4.06. The summed E-state index contributed by atoms with van der Waals surface area (Å²) in [6, 6.07) is 14.8. The fourth-order valence-electron chi connectivity index (χ4n) is 3.87. The number of nitrogens with zero attached hydrogens (tertiary/aromatic N) is 3. The molecule has 0 fully saturated rings. The first-order valence-corrected chi connectivity index (χ1v) is 12.0. The van der Waals surface area contributed by atoms with Crippen molar-refractivity contribution < 1.29 is 23.7 Å². The van der Waals surface area contributed by atoms with E-state index in [0.717, 1.165) is 11.0 Å². The van der Waals surface area contributed by atoms with E-state index in [4.69, 9.17) is 24.7 Å². The molecule has 0 unspecified atom stereocenters. The highest BCUT2D eigenvalue weighted by Crippen LogP contribution is 2.43. The van der Waals surface area contributed by atoms with Crippen molar-refractivity contribution in [3.8, 4) is 17.6 Å². The molecule has 0 amide bonds. The summed E-state index contributed by atoms with van der Waals surface area (Å²) in [5, 5.41) is 10.6. The maximum Gasteiger partial charge on any atom is 0.338 e. The summed E-state index contributed by atoms with van der Waals surface area (Å²) in [5.41, 5.74) is 8.60. The van der Waals surface area contributed by atoms with Gasteiger partial charge in [0.2, 0.25) is 5.88 Å². The fraction of sp³-hybridized carbons (Fsp3) is 0.231. The molecule has 2 N–H and O–H groups in total. The van der Waals surface area contributed by atoms with Crippen LogP contribution in [0.1, 0.15) is 18.4 Å². The average Bonchev–Trinajstić information content (AvgIpc) is 2.90. The van der Waals surface area contributed by atoms with Gasteiger partial charge < -0.3 is 24.7 Å². The first-order chi connectivity index (χ1) is 17.5. The highest BCUT2D eigenvalue weighted by atomic mass is 32.2. The Morgan fingerprint density at radius 2 is 1.92 bits per heavy atom. The molecule has 3 aromatic rings. The molecule has 2 aromatic carbocycles. The number of aromatic nitrogens is 2. The van der Waals surface area contributed by atoms with Crippen LogP contribution in [0.2, 0.25) is 0 Å². The van der Waals surface area contributed by atoms with Gasteiger partial charge >= 0.3 is 5.97 Å². The van der Waals surface area contributed by atoms with E-state index in [1.807, 2.05) is 24.3 Å². The molecule has 4 rings (SSSR count). The minimum Gasteiger partial charge on any atom is -0.493 e. The van der Waals surface area contributed by atoms with Crippen LogP contribution in [-0.2, 0) is 14.3 Å². The standard InChI is InChI=1S/C26H24N4O5S/c1-4-34-26(31)24-21(14-36-22-13-29-17-7-5-6-8-18(17)30-22)35-25(28)16(12-27)23(24)15-9-10-19(32-2)20(11-15)33-3/h5-11,13,23H,4,14,28H2,1-3H3/t23-/m0/s1. The van der Waals surface area contributed by atoms with Gasteiger partial charge in [-0.2, -0.15) is 5.26 Å². The topological polar surface area (TPSA) is 130 Å².